The molecule has 2 heterocycles. The maximum absolute atomic E-state index is 12.8. The van der Waals surface area contributed by atoms with Crippen molar-refractivity contribution >= 4 is 11.9 Å². The van der Waals surface area contributed by atoms with E-state index in [2.05, 4.69) is 40.5 Å². The smallest absolute Gasteiger partial charge is 0.317 e. The molecular formula is C24H36N4O2. The summed E-state index contributed by atoms with van der Waals surface area (Å²) in [6, 6.07) is 10.7. The van der Waals surface area contributed by atoms with Crippen molar-refractivity contribution in [1.82, 2.24) is 20.0 Å². The van der Waals surface area contributed by atoms with Gasteiger partial charge in [-0.15, -0.1) is 0 Å². The lowest BCUT2D eigenvalue weighted by Crippen LogP contribution is -2.55. The van der Waals surface area contributed by atoms with Crippen LogP contribution in [-0.4, -0.2) is 79.0 Å². The molecule has 1 aromatic rings. The van der Waals surface area contributed by atoms with E-state index in [9.17, 15) is 9.59 Å². The van der Waals surface area contributed by atoms with E-state index in [4.69, 9.17) is 0 Å². The molecule has 4 rings (SSSR count). The van der Waals surface area contributed by atoms with E-state index in [0.29, 0.717) is 26.2 Å². The fourth-order valence-corrected chi connectivity index (χ4v) is 5.31. The van der Waals surface area contributed by atoms with Crippen LogP contribution in [0.3, 0.4) is 0 Å². The number of rotatable bonds is 5. The molecule has 3 amide bonds. The van der Waals surface area contributed by atoms with E-state index in [1.54, 1.807) is 0 Å². The molecule has 6 nitrogen and oxygen atoms in total. The van der Waals surface area contributed by atoms with Crippen molar-refractivity contribution in [2.24, 2.45) is 0 Å². The maximum Gasteiger partial charge on any atom is 0.317 e. The van der Waals surface area contributed by atoms with Gasteiger partial charge in [-0.2, -0.15) is 0 Å². The zero-order valence-electron chi connectivity index (χ0n) is 18.2. The summed E-state index contributed by atoms with van der Waals surface area (Å²) in [5.74, 6) is 0.249. The van der Waals surface area contributed by atoms with Crippen LogP contribution in [-0.2, 0) is 10.2 Å². The van der Waals surface area contributed by atoms with Gasteiger partial charge in [0, 0.05) is 51.2 Å². The van der Waals surface area contributed by atoms with Gasteiger partial charge in [0.15, 0.2) is 0 Å². The van der Waals surface area contributed by atoms with Crippen molar-refractivity contribution in [1.29, 1.82) is 0 Å². The van der Waals surface area contributed by atoms with Crippen LogP contribution >= 0.6 is 0 Å². The molecule has 0 aromatic heterocycles. The fraction of sp³-hybridized carbons (Fsp3) is 0.667. The van der Waals surface area contributed by atoms with Crippen LogP contribution in [0.1, 0.15) is 50.5 Å². The SMILES string of the molecule is O=C(CN1CCN(C(=O)NCC2(c3ccccc3)CCCC2)CC1)N1CCCCC1. The Bertz CT molecular complexity index is 703. The highest BCUT2D eigenvalue weighted by atomic mass is 16.2. The molecular weight excluding hydrogens is 376 g/mol. The molecule has 1 N–H and O–H groups in total. The molecule has 1 saturated carbocycles. The first-order valence-electron chi connectivity index (χ1n) is 11.7. The first-order valence-corrected chi connectivity index (χ1v) is 11.7. The number of benzene rings is 1. The second-order valence-electron chi connectivity index (χ2n) is 9.22. The molecule has 0 spiro atoms. The lowest BCUT2D eigenvalue weighted by Gasteiger charge is -2.37. The number of urea groups is 1. The molecule has 3 aliphatic rings. The first kappa shape index (κ1) is 21.2. The predicted octanol–water partition coefficient (Wildman–Crippen LogP) is 2.84. The van der Waals surface area contributed by atoms with Crippen LogP contribution in [0.5, 0.6) is 0 Å². The average Bonchev–Trinajstić information content (AvgIpc) is 3.29. The van der Waals surface area contributed by atoms with Crippen molar-refractivity contribution in [2.75, 3.05) is 52.4 Å². The Balaban J connectivity index is 1.24. The molecule has 0 unspecified atom stereocenters. The Kier molecular flexibility index (Phi) is 6.93. The lowest BCUT2D eigenvalue weighted by atomic mass is 9.79. The number of likely N-dealkylation sites (tertiary alicyclic amines) is 1. The van der Waals surface area contributed by atoms with Gasteiger partial charge < -0.3 is 15.1 Å². The Morgan fingerprint density at radius 3 is 2.13 bits per heavy atom. The summed E-state index contributed by atoms with van der Waals surface area (Å²) in [5.41, 5.74) is 1.43. The molecule has 2 aliphatic heterocycles. The Morgan fingerprint density at radius 1 is 0.800 bits per heavy atom. The van der Waals surface area contributed by atoms with Gasteiger partial charge in [0.2, 0.25) is 5.91 Å². The first-order chi connectivity index (χ1) is 14.7. The summed E-state index contributed by atoms with van der Waals surface area (Å²) in [4.78, 5) is 31.4. The Morgan fingerprint density at radius 2 is 1.47 bits per heavy atom. The second-order valence-corrected chi connectivity index (χ2v) is 9.22. The third-order valence-corrected chi connectivity index (χ3v) is 7.25. The minimum absolute atomic E-state index is 0.0409. The molecule has 0 bridgehead atoms. The number of piperidine rings is 1. The Labute approximate surface area is 180 Å². The van der Waals surface area contributed by atoms with Crippen molar-refractivity contribution < 1.29 is 9.59 Å². The molecule has 6 heteroatoms. The van der Waals surface area contributed by atoms with Crippen LogP contribution in [0.15, 0.2) is 30.3 Å². The minimum Gasteiger partial charge on any atom is -0.342 e. The summed E-state index contributed by atoms with van der Waals surface area (Å²) in [6.45, 7) is 5.95. The number of hydrogen-bond acceptors (Lipinski definition) is 3. The van der Waals surface area contributed by atoms with Gasteiger partial charge >= 0.3 is 6.03 Å². The van der Waals surface area contributed by atoms with E-state index in [-0.39, 0.29) is 17.4 Å². The summed E-state index contributed by atoms with van der Waals surface area (Å²) in [6.07, 6.45) is 8.24. The van der Waals surface area contributed by atoms with Crippen molar-refractivity contribution in [3.63, 3.8) is 0 Å². The van der Waals surface area contributed by atoms with Gasteiger partial charge in [0.1, 0.15) is 0 Å². The van der Waals surface area contributed by atoms with Crippen molar-refractivity contribution in [3.8, 4) is 0 Å². The summed E-state index contributed by atoms with van der Waals surface area (Å²) in [7, 11) is 0. The van der Waals surface area contributed by atoms with Gasteiger partial charge in [-0.25, -0.2) is 4.79 Å². The Hall–Kier alpha value is -2.08. The normalized spacial score (nSPS) is 22.1. The topological polar surface area (TPSA) is 55.9 Å². The highest BCUT2D eigenvalue weighted by Gasteiger charge is 2.36. The number of nitrogens with zero attached hydrogens (tertiary/aromatic N) is 3. The molecule has 30 heavy (non-hydrogen) atoms. The standard InChI is InChI=1S/C24H36N4O2/c29-22(27-13-7-2-8-14-27)19-26-15-17-28(18-16-26)23(30)25-20-24(11-5-6-12-24)21-9-3-1-4-10-21/h1,3-4,9-10H,2,5-8,11-20H2,(H,25,30). The van der Waals surface area contributed by atoms with Gasteiger partial charge in [-0.3, -0.25) is 9.69 Å². The van der Waals surface area contributed by atoms with Crippen LogP contribution in [0.25, 0.3) is 0 Å². The number of carbonyl (C=O) groups is 2. The fourth-order valence-electron chi connectivity index (χ4n) is 5.31. The predicted molar refractivity (Wildman–Crippen MR) is 118 cm³/mol. The molecule has 2 saturated heterocycles. The quantitative estimate of drug-likeness (QED) is 0.809. The molecule has 3 fully saturated rings. The summed E-state index contributed by atoms with van der Waals surface area (Å²) < 4.78 is 0. The number of carbonyl (C=O) groups excluding carboxylic acids is 2. The van der Waals surface area contributed by atoms with Gasteiger partial charge in [-0.1, -0.05) is 43.2 Å². The number of nitrogens with one attached hydrogen (secondary N) is 1. The molecule has 164 valence electrons. The number of hydrogen-bond donors (Lipinski definition) is 1. The van der Waals surface area contributed by atoms with E-state index >= 15 is 0 Å². The van der Waals surface area contributed by atoms with Crippen LogP contribution in [0.2, 0.25) is 0 Å². The molecule has 0 radical (unpaired) electrons. The third kappa shape index (κ3) is 4.97. The third-order valence-electron chi connectivity index (χ3n) is 7.25. The van der Waals surface area contributed by atoms with E-state index in [1.165, 1.54) is 24.8 Å². The average molecular weight is 413 g/mol. The largest absolute Gasteiger partial charge is 0.342 e. The van der Waals surface area contributed by atoms with Crippen molar-refractivity contribution in [2.45, 2.75) is 50.4 Å². The summed E-state index contributed by atoms with van der Waals surface area (Å²) >= 11 is 0. The zero-order valence-corrected chi connectivity index (χ0v) is 18.2. The summed E-state index contributed by atoms with van der Waals surface area (Å²) in [5, 5.41) is 3.23. The highest BCUT2D eigenvalue weighted by Crippen LogP contribution is 2.40. The monoisotopic (exact) mass is 412 g/mol. The second kappa shape index (κ2) is 9.82. The highest BCUT2D eigenvalue weighted by molar-refractivity contribution is 5.78. The van der Waals surface area contributed by atoms with Gasteiger partial charge in [0.05, 0.1) is 6.54 Å². The number of piperazine rings is 1. The molecule has 1 aromatic carbocycles. The van der Waals surface area contributed by atoms with E-state index in [0.717, 1.165) is 51.9 Å². The lowest BCUT2D eigenvalue weighted by molar-refractivity contribution is -0.133. The molecule has 1 aliphatic carbocycles. The van der Waals surface area contributed by atoms with Gasteiger partial charge in [-0.05, 0) is 37.7 Å². The van der Waals surface area contributed by atoms with Gasteiger partial charge in [0.25, 0.3) is 0 Å². The van der Waals surface area contributed by atoms with Crippen LogP contribution < -0.4 is 5.32 Å². The van der Waals surface area contributed by atoms with Crippen LogP contribution in [0, 0.1) is 0 Å². The zero-order chi connectivity index (χ0) is 20.8. The van der Waals surface area contributed by atoms with Crippen molar-refractivity contribution in [3.05, 3.63) is 35.9 Å². The van der Waals surface area contributed by atoms with E-state index < -0.39 is 0 Å². The van der Waals surface area contributed by atoms with E-state index in [1.807, 2.05) is 9.80 Å². The maximum atomic E-state index is 12.8. The molecule has 0 atom stereocenters. The number of amides is 3. The van der Waals surface area contributed by atoms with Crippen LogP contribution in [0.4, 0.5) is 4.79 Å². The minimum atomic E-state index is 0.0409.